The highest BCUT2D eigenvalue weighted by atomic mass is 19.2. The summed E-state index contributed by atoms with van der Waals surface area (Å²) < 4.78 is 79.1. The van der Waals surface area contributed by atoms with Gasteiger partial charge in [0, 0.05) is 87.3 Å². The Morgan fingerprint density at radius 2 is 0.988 bits per heavy atom. The normalized spacial score (nSPS) is 21.2. The average Bonchev–Trinajstić information content (AvgIpc) is 3.05. The highest BCUT2D eigenvalue weighted by Crippen LogP contribution is 2.45. The van der Waals surface area contributed by atoms with Crippen molar-refractivity contribution in [2.75, 3.05) is 26.2 Å². The fourth-order valence-electron chi connectivity index (χ4n) is 12.2. The number of pyridine rings is 2. The first-order valence-corrected chi connectivity index (χ1v) is 28.2. The van der Waals surface area contributed by atoms with Crippen LogP contribution in [0.5, 0.6) is 0 Å². The Morgan fingerprint density at radius 1 is 0.553 bits per heavy atom. The largest absolute Gasteiger partial charge is 0.444 e. The molecule has 0 bridgehead atoms. The van der Waals surface area contributed by atoms with E-state index in [0.717, 1.165) is 17.6 Å². The lowest BCUT2D eigenvalue weighted by Crippen LogP contribution is -2.41. The molecule has 4 aliphatic rings. The minimum atomic E-state index is -1.03. The second-order valence-electron chi connectivity index (χ2n) is 22.5. The number of halogens is 4. The van der Waals surface area contributed by atoms with Crippen LogP contribution in [-0.2, 0) is 14.2 Å². The number of rotatable bonds is 7. The monoisotopic (exact) mass is 1170 g/mol. The number of imidazole rings is 2. The fraction of sp³-hybridized carbons (Fsp3) is 0.407. The zero-order valence-corrected chi connectivity index (χ0v) is 46.7. The number of carbonyl (C=O) groups excluding carboxylic acids is 3. The van der Waals surface area contributed by atoms with Gasteiger partial charge < -0.3 is 35.1 Å². The number of aromatic amines is 2. The molecule has 3 amide bonds. The Balaban J connectivity index is 0.000000179. The van der Waals surface area contributed by atoms with Crippen LogP contribution in [0.3, 0.4) is 0 Å². The molecule has 2 fully saturated rings. The number of nitrogens with one attached hydrogen (secondary N) is 3. The molecule has 0 saturated carbocycles. The Bertz CT molecular complexity index is 3890. The average molecular weight is 1170 g/mol. The minimum Gasteiger partial charge on any atom is -0.444 e. The molecule has 0 spiro atoms. The molecule has 2 aromatic carbocycles. The van der Waals surface area contributed by atoms with Crippen molar-refractivity contribution in [3.05, 3.63) is 176 Å². The van der Waals surface area contributed by atoms with E-state index in [0.29, 0.717) is 98.6 Å². The highest BCUT2D eigenvalue weighted by molar-refractivity contribution is 5.72. The summed E-state index contributed by atoms with van der Waals surface area (Å²) in [4.78, 5) is 99.8. The summed E-state index contributed by atoms with van der Waals surface area (Å²) in [5.74, 6) is -5.28. The van der Waals surface area contributed by atoms with Gasteiger partial charge in [0.15, 0.2) is 34.6 Å². The number of likely N-dealkylation sites (tertiary alicyclic amines) is 2. The molecule has 22 nitrogen and oxygen atoms in total. The Labute approximate surface area is 483 Å². The van der Waals surface area contributed by atoms with Gasteiger partial charge in [-0.05, 0) is 120 Å². The van der Waals surface area contributed by atoms with Crippen LogP contribution < -0.4 is 22.4 Å². The second kappa shape index (κ2) is 24.3. The molecule has 2 aliphatic carbocycles. The summed E-state index contributed by atoms with van der Waals surface area (Å²) in [6, 6.07) is 13.2. The van der Waals surface area contributed by atoms with Crippen LogP contribution in [0.1, 0.15) is 154 Å². The highest BCUT2D eigenvalue weighted by Gasteiger charge is 2.41. The maximum Gasteiger partial charge on any atom is 0.410 e. The summed E-state index contributed by atoms with van der Waals surface area (Å²) in [5, 5.41) is 2.80. The van der Waals surface area contributed by atoms with Gasteiger partial charge in [-0.1, -0.05) is 24.3 Å². The number of alkyl carbamates (subject to hydrolysis) is 1. The topological polar surface area (TPSA) is 276 Å². The molecule has 12 rings (SSSR count). The summed E-state index contributed by atoms with van der Waals surface area (Å²) in [5.41, 5.74) is 9.32. The molecule has 0 unspecified atom stereocenters. The van der Waals surface area contributed by atoms with E-state index in [-0.39, 0.29) is 53.1 Å². The fourth-order valence-corrected chi connectivity index (χ4v) is 12.2. The van der Waals surface area contributed by atoms with Crippen LogP contribution in [0.2, 0.25) is 0 Å². The van der Waals surface area contributed by atoms with E-state index >= 15 is 4.39 Å². The van der Waals surface area contributed by atoms with Crippen LogP contribution in [0, 0.1) is 23.3 Å². The van der Waals surface area contributed by atoms with E-state index in [1.165, 1.54) is 49.1 Å². The predicted molar refractivity (Wildman–Crippen MR) is 299 cm³/mol. The Kier molecular flexibility index (Phi) is 16.5. The van der Waals surface area contributed by atoms with E-state index in [9.17, 15) is 37.1 Å². The van der Waals surface area contributed by atoms with Crippen molar-refractivity contribution in [3.63, 3.8) is 0 Å². The molecule has 2 aliphatic heterocycles. The van der Waals surface area contributed by atoms with Gasteiger partial charge in [-0.2, -0.15) is 0 Å². The van der Waals surface area contributed by atoms with Gasteiger partial charge in [-0.25, -0.2) is 51.5 Å². The van der Waals surface area contributed by atoms with Crippen molar-refractivity contribution >= 4 is 40.6 Å². The van der Waals surface area contributed by atoms with Crippen LogP contribution in [0.15, 0.2) is 107 Å². The summed E-state index contributed by atoms with van der Waals surface area (Å²) in [6.07, 6.45) is 8.92. The molecule has 85 heavy (non-hydrogen) atoms. The number of piperidine rings is 2. The molecule has 5 N–H and O–H groups in total. The minimum absolute atomic E-state index is 0.0504. The molecular weight excluding hydrogens is 1110 g/mol. The van der Waals surface area contributed by atoms with Gasteiger partial charge in [-0.3, -0.25) is 39.0 Å². The summed E-state index contributed by atoms with van der Waals surface area (Å²) >= 11 is 0. The number of hydrogen-bond donors (Lipinski definition) is 4. The van der Waals surface area contributed by atoms with Crippen molar-refractivity contribution in [1.29, 1.82) is 0 Å². The molecule has 6 atom stereocenters. The summed E-state index contributed by atoms with van der Waals surface area (Å²) in [6.45, 7) is 6.65. The van der Waals surface area contributed by atoms with Gasteiger partial charge in [-0.15, -0.1) is 0 Å². The van der Waals surface area contributed by atoms with Crippen molar-refractivity contribution in [1.82, 2.24) is 64.1 Å². The molecule has 8 heterocycles. The number of aromatic nitrogens is 10. The number of H-pyrrole nitrogens is 2. The quantitative estimate of drug-likeness (QED) is 0.0657. The number of benzene rings is 2. The van der Waals surface area contributed by atoms with Gasteiger partial charge in [0.2, 0.25) is 0 Å². The van der Waals surface area contributed by atoms with Crippen LogP contribution in [-0.4, -0.2) is 109 Å². The van der Waals surface area contributed by atoms with Crippen molar-refractivity contribution in [2.24, 2.45) is 5.73 Å². The van der Waals surface area contributed by atoms with Crippen LogP contribution in [0.25, 0.3) is 22.3 Å². The standard InChI is InChI=1S/C32H35F2N7O5.C27H27F2N7O3/c1-32(2,3)46-30(43)38-25-20(19-6-4-7-21(33)24(19)34)9-10-23(26-27(25)36-15-14-35-26)45-31(44)40-16-11-18(12-17-40)41-22-8-5-13-37-28(22)39-29(41)42;28-18-4-1-3-16(21(18)29)17-6-7-20(23-24(22(17)30)32-12-11-31-23)39-27(38)35-13-8-15(9-14-35)36-19-5-2-10-33-25(19)34-26(36)37/h4-8,13-15,18,20,23,25H,9-12,16-17H2,1-3H3,(H,38,43)(H,37,39,42);1-5,10-12,15,17,20,22H,6-9,13-14,30H2,(H,33,34,37)/t20-,23+,25-;17-,20+,22-/m00/s1. The molecule has 444 valence electrons. The SMILES string of the molecule is CC(C)(C)OC(=O)N[C@@H]1c2nccnc2[C@H](OC(=O)N2CCC(n3c(=O)[nH]c4ncccc43)CC2)CC[C@H]1c1cccc(F)c1F.N[C@@H]1c2nccnc2[C@H](OC(=O)N2CCC(n3c(=O)[nH]c4ncccc43)CC2)CC[C@H]1c1cccc(F)c1F. The van der Waals surface area contributed by atoms with Gasteiger partial charge in [0.05, 0.1) is 34.5 Å². The zero-order chi connectivity index (χ0) is 59.7. The van der Waals surface area contributed by atoms with E-state index in [1.807, 2.05) is 12.1 Å². The second-order valence-corrected chi connectivity index (χ2v) is 22.5. The van der Waals surface area contributed by atoms with Crippen molar-refractivity contribution in [2.45, 2.75) is 126 Å². The van der Waals surface area contributed by atoms with E-state index in [2.05, 4.69) is 45.2 Å². The molecule has 0 radical (unpaired) electrons. The third kappa shape index (κ3) is 12.0. The number of nitrogens with two attached hydrogens (primary N) is 1. The molecule has 26 heteroatoms. The lowest BCUT2D eigenvalue weighted by molar-refractivity contribution is 0.0463. The number of carbonyl (C=O) groups is 3. The zero-order valence-electron chi connectivity index (χ0n) is 46.7. The third-order valence-electron chi connectivity index (χ3n) is 16.1. The number of ether oxygens (including phenoxy) is 3. The van der Waals surface area contributed by atoms with Gasteiger partial charge in [0.1, 0.15) is 29.2 Å². The molecule has 8 aromatic rings. The van der Waals surface area contributed by atoms with E-state index in [1.54, 1.807) is 64.2 Å². The van der Waals surface area contributed by atoms with Crippen molar-refractivity contribution in [3.8, 4) is 0 Å². The lowest BCUT2D eigenvalue weighted by atomic mass is 9.86. The maximum absolute atomic E-state index is 15.2. The smallest absolute Gasteiger partial charge is 0.410 e. The van der Waals surface area contributed by atoms with E-state index in [4.69, 9.17) is 19.9 Å². The number of hydrogen-bond acceptors (Lipinski definition) is 15. The number of nitrogens with zero attached hydrogens (tertiary/aromatic N) is 10. The number of amides is 3. The van der Waals surface area contributed by atoms with E-state index < -0.39 is 83.3 Å². The van der Waals surface area contributed by atoms with Crippen molar-refractivity contribution < 1.29 is 46.2 Å². The first kappa shape index (κ1) is 57.7. The first-order valence-electron chi connectivity index (χ1n) is 28.2. The maximum atomic E-state index is 15.2. The Morgan fingerprint density at radius 3 is 1.47 bits per heavy atom. The summed E-state index contributed by atoms with van der Waals surface area (Å²) in [7, 11) is 0. The molecule has 6 aromatic heterocycles. The first-order chi connectivity index (χ1) is 40.9. The van der Waals surface area contributed by atoms with Gasteiger partial charge in [0.25, 0.3) is 0 Å². The van der Waals surface area contributed by atoms with Crippen LogP contribution >= 0.6 is 0 Å². The third-order valence-corrected chi connectivity index (χ3v) is 16.1. The molecule has 2 saturated heterocycles. The lowest BCUT2D eigenvalue weighted by Gasteiger charge is -2.32. The predicted octanol–water partition coefficient (Wildman–Crippen LogP) is 9.34. The Hall–Kier alpha value is -9.07. The van der Waals surface area contributed by atoms with Gasteiger partial charge >= 0.3 is 29.7 Å². The number of fused-ring (bicyclic) bond motifs is 4. The molecular formula is C59H62F4N14O8. The van der Waals surface area contributed by atoms with Crippen LogP contribution in [0.4, 0.5) is 31.9 Å².